The Morgan fingerprint density at radius 3 is 2.29 bits per heavy atom. The molecule has 0 aromatic carbocycles. The molecule has 0 saturated heterocycles. The van der Waals surface area contributed by atoms with Crippen molar-refractivity contribution in [1.29, 1.82) is 5.26 Å². The van der Waals surface area contributed by atoms with Crippen LogP contribution in [0.2, 0.25) is 0 Å². The number of rotatable bonds is 0. The van der Waals surface area contributed by atoms with Gasteiger partial charge < -0.3 is 0 Å². The Morgan fingerprint density at radius 1 is 1.57 bits per heavy atom. The molecule has 7 heavy (non-hydrogen) atoms. The van der Waals surface area contributed by atoms with Crippen LogP contribution in [0.25, 0.3) is 0 Å². The number of allylic oxidation sites excluding steroid dienone is 2. The molecular weight excluding hydrogens is 86.1 g/mol. The van der Waals surface area contributed by atoms with Gasteiger partial charge in [-0.05, 0) is 19.8 Å². The van der Waals surface area contributed by atoms with Crippen LogP contribution >= 0.6 is 0 Å². The summed E-state index contributed by atoms with van der Waals surface area (Å²) in [6, 6.07) is 2.07. The Hall–Kier alpha value is -0.770. The monoisotopic (exact) mass is 92.1 g/mol. The Balaban J connectivity index is 2.76. The summed E-state index contributed by atoms with van der Waals surface area (Å²) in [6.07, 6.45) is 1.98. The van der Waals surface area contributed by atoms with Crippen LogP contribution in [0, 0.1) is 18.3 Å². The van der Waals surface area contributed by atoms with Crippen molar-refractivity contribution in [1.82, 2.24) is 0 Å². The highest BCUT2D eigenvalue weighted by molar-refractivity contribution is 5.37. The fraction of sp³-hybridized carbons (Fsp3) is 0.333. The largest absolute Gasteiger partial charge is 0.193 e. The van der Waals surface area contributed by atoms with E-state index >= 15 is 0 Å². The lowest BCUT2D eigenvalue weighted by molar-refractivity contribution is 0.859. The SMILES string of the molecule is [CH2]C1=C(C#N)CC1. The quantitative estimate of drug-likeness (QED) is 0.443. The molecule has 1 radical (unpaired) electrons. The molecule has 0 aromatic rings. The van der Waals surface area contributed by atoms with Crippen LogP contribution in [0.4, 0.5) is 0 Å². The molecule has 0 heterocycles. The van der Waals surface area contributed by atoms with Crippen molar-refractivity contribution in [3.05, 3.63) is 18.1 Å². The maximum atomic E-state index is 8.21. The fourth-order valence-electron chi connectivity index (χ4n) is 0.562. The lowest BCUT2D eigenvalue weighted by Gasteiger charge is -2.12. The van der Waals surface area contributed by atoms with E-state index in [-0.39, 0.29) is 0 Å². The van der Waals surface area contributed by atoms with E-state index in [9.17, 15) is 0 Å². The molecule has 0 N–H and O–H groups in total. The van der Waals surface area contributed by atoms with E-state index in [1.165, 1.54) is 0 Å². The summed E-state index contributed by atoms with van der Waals surface area (Å²) in [7, 11) is 0. The minimum absolute atomic E-state index is 0.889. The minimum Gasteiger partial charge on any atom is -0.193 e. The number of nitriles is 1. The molecule has 0 aliphatic heterocycles. The Morgan fingerprint density at radius 2 is 2.29 bits per heavy atom. The van der Waals surface area contributed by atoms with E-state index in [2.05, 4.69) is 13.0 Å². The molecule has 1 rings (SSSR count). The predicted molar refractivity (Wildman–Crippen MR) is 27.2 cm³/mol. The first-order valence-electron chi connectivity index (χ1n) is 2.28. The topological polar surface area (TPSA) is 23.8 Å². The molecule has 0 fully saturated rings. The van der Waals surface area contributed by atoms with Gasteiger partial charge in [0.05, 0.1) is 6.07 Å². The molecule has 0 spiro atoms. The van der Waals surface area contributed by atoms with Crippen LogP contribution in [-0.4, -0.2) is 0 Å². The van der Waals surface area contributed by atoms with Crippen LogP contribution in [0.1, 0.15) is 12.8 Å². The first-order chi connectivity index (χ1) is 3.34. The zero-order chi connectivity index (χ0) is 5.28. The summed E-state index contributed by atoms with van der Waals surface area (Å²) >= 11 is 0. The summed E-state index contributed by atoms with van der Waals surface area (Å²) in [4.78, 5) is 0. The van der Waals surface area contributed by atoms with Gasteiger partial charge in [0.2, 0.25) is 0 Å². The lowest BCUT2D eigenvalue weighted by Crippen LogP contribution is -1.97. The molecular formula is C6H6N. The molecule has 0 saturated carbocycles. The maximum Gasteiger partial charge on any atom is 0.0946 e. The van der Waals surface area contributed by atoms with Crippen molar-refractivity contribution in [2.75, 3.05) is 0 Å². The predicted octanol–water partition coefficient (Wildman–Crippen LogP) is 1.43. The van der Waals surface area contributed by atoms with Crippen molar-refractivity contribution < 1.29 is 0 Å². The smallest absolute Gasteiger partial charge is 0.0946 e. The third kappa shape index (κ3) is 0.521. The average Bonchev–Trinajstić information content (AvgIpc) is 1.65. The zero-order valence-electron chi connectivity index (χ0n) is 4.07. The summed E-state index contributed by atoms with van der Waals surface area (Å²) in [5, 5.41) is 8.21. The van der Waals surface area contributed by atoms with Gasteiger partial charge in [-0.1, -0.05) is 5.57 Å². The molecule has 1 aliphatic rings. The molecule has 1 nitrogen and oxygen atoms in total. The van der Waals surface area contributed by atoms with Gasteiger partial charge >= 0.3 is 0 Å². The van der Waals surface area contributed by atoms with E-state index in [1.807, 2.05) is 0 Å². The Bertz CT molecular complexity index is 148. The molecule has 1 aliphatic carbocycles. The lowest BCUT2D eigenvalue weighted by atomic mass is 9.91. The van der Waals surface area contributed by atoms with Gasteiger partial charge in [-0.25, -0.2) is 0 Å². The van der Waals surface area contributed by atoms with Gasteiger partial charge in [0.15, 0.2) is 0 Å². The maximum absolute atomic E-state index is 8.21. The minimum atomic E-state index is 0.889. The van der Waals surface area contributed by atoms with Crippen molar-refractivity contribution in [3.63, 3.8) is 0 Å². The van der Waals surface area contributed by atoms with E-state index in [0.29, 0.717) is 0 Å². The summed E-state index contributed by atoms with van der Waals surface area (Å²) in [6.45, 7) is 3.65. The molecule has 0 bridgehead atoms. The standard InChI is InChI=1S/C6H6N/c1-5-2-3-6(5)4-7/h1-3H2. The second kappa shape index (κ2) is 1.38. The molecule has 0 atom stereocenters. The number of hydrogen-bond acceptors (Lipinski definition) is 1. The van der Waals surface area contributed by atoms with E-state index in [4.69, 9.17) is 5.26 Å². The van der Waals surface area contributed by atoms with Gasteiger partial charge in [0.25, 0.3) is 0 Å². The van der Waals surface area contributed by atoms with Gasteiger partial charge in [0, 0.05) is 5.57 Å². The highest BCUT2D eigenvalue weighted by Crippen LogP contribution is 2.25. The Labute approximate surface area is 43.3 Å². The number of nitrogens with zero attached hydrogens (tertiary/aromatic N) is 1. The molecule has 0 unspecified atom stereocenters. The van der Waals surface area contributed by atoms with E-state index < -0.39 is 0 Å². The van der Waals surface area contributed by atoms with Crippen molar-refractivity contribution in [3.8, 4) is 6.07 Å². The van der Waals surface area contributed by atoms with Crippen molar-refractivity contribution in [2.24, 2.45) is 0 Å². The highest BCUT2D eigenvalue weighted by atomic mass is 14.3. The highest BCUT2D eigenvalue weighted by Gasteiger charge is 2.10. The second-order valence-electron chi connectivity index (χ2n) is 1.69. The first kappa shape index (κ1) is 4.39. The van der Waals surface area contributed by atoms with Crippen molar-refractivity contribution in [2.45, 2.75) is 12.8 Å². The van der Waals surface area contributed by atoms with Crippen LogP contribution in [0.3, 0.4) is 0 Å². The molecule has 0 amide bonds. The fourth-order valence-corrected chi connectivity index (χ4v) is 0.562. The van der Waals surface area contributed by atoms with Crippen LogP contribution in [-0.2, 0) is 0 Å². The van der Waals surface area contributed by atoms with Crippen molar-refractivity contribution >= 4 is 0 Å². The molecule has 1 heteroatoms. The zero-order valence-corrected chi connectivity index (χ0v) is 4.07. The second-order valence-corrected chi connectivity index (χ2v) is 1.69. The van der Waals surface area contributed by atoms with E-state index in [0.717, 1.165) is 24.0 Å². The average molecular weight is 92.1 g/mol. The molecule has 0 aromatic heterocycles. The van der Waals surface area contributed by atoms with Gasteiger partial charge in [-0.2, -0.15) is 5.26 Å². The first-order valence-corrected chi connectivity index (χ1v) is 2.28. The summed E-state index contributed by atoms with van der Waals surface area (Å²) in [5.41, 5.74) is 1.92. The summed E-state index contributed by atoms with van der Waals surface area (Å²) < 4.78 is 0. The summed E-state index contributed by atoms with van der Waals surface area (Å²) in [5.74, 6) is 0. The third-order valence-corrected chi connectivity index (χ3v) is 1.24. The number of hydrogen-bond donors (Lipinski definition) is 0. The van der Waals surface area contributed by atoms with Crippen LogP contribution < -0.4 is 0 Å². The third-order valence-electron chi connectivity index (χ3n) is 1.24. The van der Waals surface area contributed by atoms with Crippen LogP contribution in [0.5, 0.6) is 0 Å². The van der Waals surface area contributed by atoms with Crippen LogP contribution in [0.15, 0.2) is 11.1 Å². The Kier molecular flexibility index (Phi) is 0.867. The van der Waals surface area contributed by atoms with Gasteiger partial charge in [-0.3, -0.25) is 0 Å². The van der Waals surface area contributed by atoms with E-state index in [1.54, 1.807) is 0 Å². The normalized spacial score (nSPS) is 18.3. The van der Waals surface area contributed by atoms with Gasteiger partial charge in [-0.15, -0.1) is 0 Å². The molecule has 35 valence electrons. The van der Waals surface area contributed by atoms with Gasteiger partial charge in [0.1, 0.15) is 0 Å².